The van der Waals surface area contributed by atoms with Crippen LogP contribution in [0.5, 0.6) is 0 Å². The van der Waals surface area contributed by atoms with Crippen molar-refractivity contribution in [2.45, 2.75) is 32.7 Å². The molecule has 1 fully saturated rings. The van der Waals surface area contributed by atoms with Crippen LogP contribution in [0.25, 0.3) is 0 Å². The molecule has 3 N–H and O–H groups in total. The number of aliphatic imine (C=N–C) groups is 1. The maximum Gasteiger partial charge on any atom is 0.188 e. The number of guanidine groups is 1. The summed E-state index contributed by atoms with van der Waals surface area (Å²) in [6.45, 7) is 3.74. The molecule has 1 aromatic rings. The lowest BCUT2D eigenvalue weighted by molar-refractivity contribution is 0.315. The van der Waals surface area contributed by atoms with E-state index >= 15 is 0 Å². The zero-order chi connectivity index (χ0) is 12.1. The minimum absolute atomic E-state index is 0. The lowest BCUT2D eigenvalue weighted by Gasteiger charge is -2.25. The summed E-state index contributed by atoms with van der Waals surface area (Å²) in [5, 5.41) is 3.20. The van der Waals surface area contributed by atoms with E-state index in [1.807, 2.05) is 12.1 Å². The van der Waals surface area contributed by atoms with E-state index in [2.05, 4.69) is 29.4 Å². The van der Waals surface area contributed by atoms with Gasteiger partial charge in [-0.05, 0) is 36.8 Å². The summed E-state index contributed by atoms with van der Waals surface area (Å²) in [5.41, 5.74) is 8.34. The molecule has 0 bridgehead atoms. The third-order valence-electron chi connectivity index (χ3n) is 3.48. The molecule has 0 aromatic heterocycles. The molecule has 0 heterocycles. The highest BCUT2D eigenvalue weighted by Crippen LogP contribution is 2.24. The van der Waals surface area contributed by atoms with Crippen LogP contribution in [-0.4, -0.2) is 12.5 Å². The van der Waals surface area contributed by atoms with E-state index in [1.54, 1.807) is 0 Å². The van der Waals surface area contributed by atoms with Gasteiger partial charge in [0.25, 0.3) is 0 Å². The van der Waals surface area contributed by atoms with E-state index in [1.165, 1.54) is 30.4 Å². The van der Waals surface area contributed by atoms with Crippen molar-refractivity contribution < 1.29 is 0 Å². The van der Waals surface area contributed by atoms with Crippen LogP contribution in [0.3, 0.4) is 0 Å². The highest BCUT2D eigenvalue weighted by Gasteiger charge is 2.16. The number of halogens is 1. The molecule has 0 spiro atoms. The zero-order valence-electron chi connectivity index (χ0n) is 10.9. The normalized spacial score (nSPS) is 15.7. The van der Waals surface area contributed by atoms with E-state index in [0.29, 0.717) is 12.5 Å². The number of nitrogens with one attached hydrogen (secondary N) is 1. The first-order valence-electron chi connectivity index (χ1n) is 6.34. The lowest BCUT2D eigenvalue weighted by Crippen LogP contribution is -2.37. The standard InChI is InChI=1S/C14H21N3.HI/c1-11-5-2-3-8-13(11)10-17-14(15)16-9-12-6-4-7-12;/h2-3,5,8,12H,4,6-7,9-10H2,1H3,(H3,15,16,17);1H. The minimum Gasteiger partial charge on any atom is -0.370 e. The smallest absolute Gasteiger partial charge is 0.188 e. The molecule has 0 amide bonds. The maximum absolute atomic E-state index is 5.84. The second kappa shape index (κ2) is 7.61. The van der Waals surface area contributed by atoms with E-state index in [0.717, 1.165) is 12.5 Å². The fourth-order valence-electron chi connectivity index (χ4n) is 1.96. The van der Waals surface area contributed by atoms with E-state index in [-0.39, 0.29) is 24.0 Å². The molecule has 0 atom stereocenters. The van der Waals surface area contributed by atoms with E-state index in [4.69, 9.17) is 5.73 Å². The molecule has 1 aliphatic carbocycles. The molecular formula is C14H22IN3. The Morgan fingerprint density at radius 3 is 2.72 bits per heavy atom. The molecule has 0 radical (unpaired) electrons. The molecule has 2 rings (SSSR count). The van der Waals surface area contributed by atoms with Crippen LogP contribution < -0.4 is 11.1 Å². The van der Waals surface area contributed by atoms with Crippen molar-refractivity contribution in [3.05, 3.63) is 35.4 Å². The summed E-state index contributed by atoms with van der Waals surface area (Å²) in [5.74, 6) is 1.38. The van der Waals surface area contributed by atoms with Gasteiger partial charge in [-0.3, -0.25) is 0 Å². The molecule has 100 valence electrons. The predicted molar refractivity (Wildman–Crippen MR) is 87.3 cm³/mol. The van der Waals surface area contributed by atoms with Gasteiger partial charge >= 0.3 is 0 Å². The molecule has 1 saturated carbocycles. The van der Waals surface area contributed by atoms with Crippen molar-refractivity contribution in [3.63, 3.8) is 0 Å². The van der Waals surface area contributed by atoms with Gasteiger partial charge in [0.2, 0.25) is 0 Å². The first-order chi connectivity index (χ1) is 8.25. The van der Waals surface area contributed by atoms with Gasteiger partial charge in [-0.2, -0.15) is 0 Å². The summed E-state index contributed by atoms with van der Waals surface area (Å²) >= 11 is 0. The highest BCUT2D eigenvalue weighted by atomic mass is 127. The van der Waals surface area contributed by atoms with Crippen molar-refractivity contribution >= 4 is 29.9 Å². The highest BCUT2D eigenvalue weighted by molar-refractivity contribution is 14.0. The van der Waals surface area contributed by atoms with Crippen molar-refractivity contribution in [2.24, 2.45) is 16.6 Å². The Hall–Kier alpha value is -0.780. The molecular weight excluding hydrogens is 337 g/mol. The zero-order valence-corrected chi connectivity index (χ0v) is 13.2. The van der Waals surface area contributed by atoms with Gasteiger partial charge in [0, 0.05) is 6.54 Å². The SMILES string of the molecule is Cc1ccccc1CN=C(N)NCC1CCC1.I. The van der Waals surface area contributed by atoms with Gasteiger partial charge in [-0.15, -0.1) is 24.0 Å². The summed E-state index contributed by atoms with van der Waals surface area (Å²) < 4.78 is 0. The number of nitrogens with zero attached hydrogens (tertiary/aromatic N) is 1. The van der Waals surface area contributed by atoms with Gasteiger partial charge < -0.3 is 11.1 Å². The van der Waals surface area contributed by atoms with E-state index in [9.17, 15) is 0 Å². The Kier molecular flexibility index (Phi) is 6.46. The van der Waals surface area contributed by atoms with Crippen LogP contribution in [-0.2, 0) is 6.54 Å². The minimum atomic E-state index is 0. The maximum atomic E-state index is 5.84. The lowest BCUT2D eigenvalue weighted by atomic mass is 9.85. The third kappa shape index (κ3) is 4.48. The third-order valence-corrected chi connectivity index (χ3v) is 3.48. The number of aryl methyl sites for hydroxylation is 1. The van der Waals surface area contributed by atoms with Crippen molar-refractivity contribution in [3.8, 4) is 0 Å². The Balaban J connectivity index is 0.00000162. The largest absolute Gasteiger partial charge is 0.370 e. The number of benzene rings is 1. The van der Waals surface area contributed by atoms with Crippen molar-refractivity contribution in [2.75, 3.05) is 6.54 Å². The van der Waals surface area contributed by atoms with Crippen LogP contribution in [0.4, 0.5) is 0 Å². The molecule has 0 saturated heterocycles. The first-order valence-corrected chi connectivity index (χ1v) is 6.34. The number of hydrogen-bond donors (Lipinski definition) is 2. The van der Waals surface area contributed by atoms with Gasteiger partial charge in [0.05, 0.1) is 6.54 Å². The Labute approximate surface area is 126 Å². The molecule has 0 unspecified atom stereocenters. The van der Waals surface area contributed by atoms with Crippen LogP contribution in [0.1, 0.15) is 30.4 Å². The fourth-order valence-corrected chi connectivity index (χ4v) is 1.96. The molecule has 0 aliphatic heterocycles. The molecule has 1 aliphatic rings. The predicted octanol–water partition coefficient (Wildman–Crippen LogP) is 2.82. The van der Waals surface area contributed by atoms with Crippen LogP contribution in [0, 0.1) is 12.8 Å². The fraction of sp³-hybridized carbons (Fsp3) is 0.500. The second-order valence-electron chi connectivity index (χ2n) is 4.81. The van der Waals surface area contributed by atoms with Crippen LogP contribution >= 0.6 is 24.0 Å². The summed E-state index contributed by atoms with van der Waals surface area (Å²) in [4.78, 5) is 4.37. The second-order valence-corrected chi connectivity index (χ2v) is 4.81. The average Bonchev–Trinajstić information content (AvgIpc) is 2.26. The summed E-state index contributed by atoms with van der Waals surface area (Å²) in [7, 11) is 0. The number of rotatable bonds is 4. The number of nitrogens with two attached hydrogens (primary N) is 1. The first kappa shape index (κ1) is 15.3. The average molecular weight is 359 g/mol. The van der Waals surface area contributed by atoms with E-state index < -0.39 is 0 Å². The van der Waals surface area contributed by atoms with Gasteiger partial charge in [-0.1, -0.05) is 30.7 Å². The Morgan fingerprint density at radius 2 is 2.11 bits per heavy atom. The van der Waals surface area contributed by atoms with Crippen molar-refractivity contribution in [1.29, 1.82) is 0 Å². The quantitative estimate of drug-likeness (QED) is 0.494. The van der Waals surface area contributed by atoms with Gasteiger partial charge in [-0.25, -0.2) is 4.99 Å². The molecule has 3 nitrogen and oxygen atoms in total. The number of hydrogen-bond acceptors (Lipinski definition) is 1. The van der Waals surface area contributed by atoms with Gasteiger partial charge in [0.15, 0.2) is 5.96 Å². The Bertz CT molecular complexity index is 400. The summed E-state index contributed by atoms with van der Waals surface area (Å²) in [6.07, 6.45) is 4.03. The Morgan fingerprint density at radius 1 is 1.39 bits per heavy atom. The monoisotopic (exact) mass is 359 g/mol. The van der Waals surface area contributed by atoms with Crippen LogP contribution in [0.15, 0.2) is 29.3 Å². The van der Waals surface area contributed by atoms with Crippen molar-refractivity contribution in [1.82, 2.24) is 5.32 Å². The summed E-state index contributed by atoms with van der Waals surface area (Å²) in [6, 6.07) is 8.28. The molecule has 1 aromatic carbocycles. The van der Waals surface area contributed by atoms with Crippen LogP contribution in [0.2, 0.25) is 0 Å². The topological polar surface area (TPSA) is 50.4 Å². The molecule has 18 heavy (non-hydrogen) atoms. The van der Waals surface area contributed by atoms with Gasteiger partial charge in [0.1, 0.15) is 0 Å². The molecule has 4 heteroatoms.